The molecule has 0 bridgehead atoms. The maximum Gasteiger partial charge on any atom is 0.119 e. The van der Waals surface area contributed by atoms with Crippen molar-refractivity contribution in [2.45, 2.75) is 13.0 Å². The Kier molecular flexibility index (Phi) is 5.67. The van der Waals surface area contributed by atoms with E-state index < -0.39 is 0 Å². The Morgan fingerprint density at radius 2 is 1.72 bits per heavy atom. The van der Waals surface area contributed by atoms with E-state index >= 15 is 0 Å². The molecule has 0 aliphatic rings. The van der Waals surface area contributed by atoms with Gasteiger partial charge in [-0.05, 0) is 63.5 Å². The first-order valence-corrected chi connectivity index (χ1v) is 10.0. The number of hydrogen-bond donors (Lipinski definition) is 1. The molecule has 2 aromatic heterocycles. The Balaban J connectivity index is 1.67. The first-order valence-electron chi connectivity index (χ1n) is 10.0. The van der Waals surface area contributed by atoms with Gasteiger partial charge in [0.2, 0.25) is 0 Å². The third kappa shape index (κ3) is 4.20. The van der Waals surface area contributed by atoms with Crippen molar-refractivity contribution >= 4 is 27.5 Å². The van der Waals surface area contributed by atoms with Gasteiger partial charge in [0.05, 0.1) is 24.9 Å². The maximum atomic E-state index is 5.33. The van der Waals surface area contributed by atoms with Gasteiger partial charge in [0.1, 0.15) is 5.75 Å². The summed E-state index contributed by atoms with van der Waals surface area (Å²) in [5, 5.41) is 2.48. The zero-order chi connectivity index (χ0) is 20.2. The van der Waals surface area contributed by atoms with E-state index in [4.69, 9.17) is 9.72 Å². The van der Waals surface area contributed by atoms with Crippen LogP contribution < -0.4 is 9.64 Å². The van der Waals surface area contributed by atoms with Crippen LogP contribution in [-0.4, -0.2) is 49.2 Å². The number of fused-ring (bicyclic) bond motifs is 3. The van der Waals surface area contributed by atoms with E-state index in [0.29, 0.717) is 0 Å². The molecule has 4 rings (SSSR count). The summed E-state index contributed by atoms with van der Waals surface area (Å²) < 4.78 is 5.33. The Labute approximate surface area is 171 Å². The summed E-state index contributed by atoms with van der Waals surface area (Å²) in [7, 11) is 5.93. The zero-order valence-corrected chi connectivity index (χ0v) is 17.4. The van der Waals surface area contributed by atoms with E-state index in [-0.39, 0.29) is 0 Å². The minimum atomic E-state index is 0.754. The van der Waals surface area contributed by atoms with Crippen molar-refractivity contribution < 1.29 is 4.74 Å². The fourth-order valence-corrected chi connectivity index (χ4v) is 3.80. The number of benzene rings is 2. The van der Waals surface area contributed by atoms with E-state index in [0.717, 1.165) is 48.5 Å². The number of nitrogens with one attached hydrogen (secondary N) is 1. The Morgan fingerprint density at radius 3 is 2.48 bits per heavy atom. The molecule has 0 saturated carbocycles. The van der Waals surface area contributed by atoms with E-state index in [9.17, 15) is 0 Å². The maximum absolute atomic E-state index is 5.33. The SMILES string of the molecule is COc1ccc(N(CCCN(C)C)Cc2nccc3c2[nH]c2ccccc23)cc1. The topological polar surface area (TPSA) is 44.4 Å². The smallest absolute Gasteiger partial charge is 0.119 e. The van der Waals surface area contributed by atoms with Gasteiger partial charge in [-0.3, -0.25) is 4.98 Å². The molecular weight excluding hydrogens is 360 g/mol. The molecule has 5 heteroatoms. The molecule has 0 fully saturated rings. The van der Waals surface area contributed by atoms with Crippen LogP contribution in [0.1, 0.15) is 12.1 Å². The van der Waals surface area contributed by atoms with Gasteiger partial charge < -0.3 is 19.5 Å². The first kappa shape index (κ1) is 19.3. The summed E-state index contributed by atoms with van der Waals surface area (Å²) in [6.45, 7) is 2.77. The second kappa shape index (κ2) is 8.53. The fraction of sp³-hybridized carbons (Fsp3) is 0.292. The van der Waals surface area contributed by atoms with Gasteiger partial charge in [-0.15, -0.1) is 0 Å². The highest BCUT2D eigenvalue weighted by Crippen LogP contribution is 2.28. The molecule has 0 saturated heterocycles. The van der Waals surface area contributed by atoms with Crippen LogP contribution in [0.3, 0.4) is 0 Å². The van der Waals surface area contributed by atoms with Crippen molar-refractivity contribution in [3.05, 3.63) is 66.5 Å². The van der Waals surface area contributed by atoms with Crippen LogP contribution in [0.15, 0.2) is 60.8 Å². The van der Waals surface area contributed by atoms with Crippen molar-refractivity contribution in [3.8, 4) is 5.75 Å². The molecule has 2 heterocycles. The highest BCUT2D eigenvalue weighted by Gasteiger charge is 2.14. The molecule has 0 unspecified atom stereocenters. The van der Waals surface area contributed by atoms with Crippen LogP contribution in [-0.2, 0) is 6.54 Å². The molecule has 29 heavy (non-hydrogen) atoms. The molecule has 1 N–H and O–H groups in total. The number of aromatic nitrogens is 2. The highest BCUT2D eigenvalue weighted by atomic mass is 16.5. The van der Waals surface area contributed by atoms with Crippen molar-refractivity contribution in [2.75, 3.05) is 39.2 Å². The molecule has 0 spiro atoms. The molecule has 5 nitrogen and oxygen atoms in total. The predicted molar refractivity (Wildman–Crippen MR) is 121 cm³/mol. The van der Waals surface area contributed by atoms with Crippen LogP contribution >= 0.6 is 0 Å². The third-order valence-corrected chi connectivity index (χ3v) is 5.32. The summed E-state index contributed by atoms with van der Waals surface area (Å²) >= 11 is 0. The molecule has 150 valence electrons. The van der Waals surface area contributed by atoms with Crippen LogP contribution in [0.2, 0.25) is 0 Å². The Morgan fingerprint density at radius 1 is 0.931 bits per heavy atom. The zero-order valence-electron chi connectivity index (χ0n) is 17.4. The molecule has 4 aromatic rings. The van der Waals surface area contributed by atoms with Crippen molar-refractivity contribution in [1.82, 2.24) is 14.9 Å². The summed E-state index contributed by atoms with van der Waals surface area (Å²) in [5.41, 5.74) is 4.53. The number of rotatable bonds is 8. The average molecular weight is 389 g/mol. The number of nitrogens with zero attached hydrogens (tertiary/aromatic N) is 3. The summed E-state index contributed by atoms with van der Waals surface area (Å²) in [4.78, 5) is 12.9. The normalized spacial score (nSPS) is 11.4. The lowest BCUT2D eigenvalue weighted by molar-refractivity contribution is 0.400. The van der Waals surface area contributed by atoms with Crippen LogP contribution in [0.5, 0.6) is 5.75 Å². The lowest BCUT2D eigenvalue weighted by Crippen LogP contribution is -2.27. The second-order valence-electron chi connectivity index (χ2n) is 7.63. The monoisotopic (exact) mass is 388 g/mol. The van der Waals surface area contributed by atoms with Gasteiger partial charge in [-0.25, -0.2) is 0 Å². The van der Waals surface area contributed by atoms with Gasteiger partial charge in [0.15, 0.2) is 0 Å². The average Bonchev–Trinajstić information content (AvgIpc) is 3.13. The van der Waals surface area contributed by atoms with Gasteiger partial charge in [0.25, 0.3) is 0 Å². The minimum absolute atomic E-state index is 0.754. The number of para-hydroxylation sites is 1. The molecule has 2 aromatic carbocycles. The Hall–Kier alpha value is -3.05. The molecule has 0 aliphatic carbocycles. The summed E-state index contributed by atoms with van der Waals surface area (Å²) in [6, 6.07) is 18.8. The number of pyridine rings is 1. The van der Waals surface area contributed by atoms with Gasteiger partial charge in [-0.2, -0.15) is 0 Å². The number of ether oxygens (including phenoxy) is 1. The van der Waals surface area contributed by atoms with E-state index in [1.807, 2.05) is 18.3 Å². The third-order valence-electron chi connectivity index (χ3n) is 5.32. The molecular formula is C24H28N4O. The van der Waals surface area contributed by atoms with Gasteiger partial charge >= 0.3 is 0 Å². The number of hydrogen-bond acceptors (Lipinski definition) is 4. The molecule has 0 amide bonds. The van der Waals surface area contributed by atoms with Crippen LogP contribution in [0, 0.1) is 0 Å². The van der Waals surface area contributed by atoms with Crippen LogP contribution in [0.4, 0.5) is 5.69 Å². The van der Waals surface area contributed by atoms with Gasteiger partial charge in [0, 0.05) is 34.7 Å². The fourth-order valence-electron chi connectivity index (χ4n) is 3.80. The highest BCUT2D eigenvalue weighted by molar-refractivity contribution is 6.07. The number of H-pyrrole nitrogens is 1. The van der Waals surface area contributed by atoms with Crippen molar-refractivity contribution in [1.29, 1.82) is 0 Å². The van der Waals surface area contributed by atoms with E-state index in [1.54, 1.807) is 7.11 Å². The van der Waals surface area contributed by atoms with E-state index in [2.05, 4.69) is 71.3 Å². The molecule has 0 atom stereocenters. The van der Waals surface area contributed by atoms with Crippen molar-refractivity contribution in [3.63, 3.8) is 0 Å². The number of aromatic amines is 1. The predicted octanol–water partition coefficient (Wildman–Crippen LogP) is 4.68. The van der Waals surface area contributed by atoms with E-state index in [1.165, 1.54) is 16.5 Å². The largest absolute Gasteiger partial charge is 0.497 e. The lowest BCUT2D eigenvalue weighted by atomic mass is 10.1. The Bertz CT molecular complexity index is 1090. The summed E-state index contributed by atoms with van der Waals surface area (Å²) in [5.74, 6) is 0.873. The number of anilines is 1. The standard InChI is InChI=1S/C24H28N4O/c1-27(2)15-6-16-28(18-9-11-19(29-3)12-10-18)17-23-24-21(13-14-25-23)20-7-4-5-8-22(20)26-24/h4-5,7-14,26H,6,15-17H2,1-3H3. The second-order valence-corrected chi connectivity index (χ2v) is 7.63. The lowest BCUT2D eigenvalue weighted by Gasteiger charge is -2.25. The van der Waals surface area contributed by atoms with Crippen LogP contribution in [0.25, 0.3) is 21.8 Å². The molecule has 0 radical (unpaired) electrons. The quantitative estimate of drug-likeness (QED) is 0.476. The number of methoxy groups -OCH3 is 1. The van der Waals surface area contributed by atoms with Gasteiger partial charge in [-0.1, -0.05) is 18.2 Å². The van der Waals surface area contributed by atoms with Crippen molar-refractivity contribution in [2.24, 2.45) is 0 Å². The minimum Gasteiger partial charge on any atom is -0.497 e. The summed E-state index contributed by atoms with van der Waals surface area (Å²) in [6.07, 6.45) is 3.01. The molecule has 0 aliphatic heterocycles. The first-order chi connectivity index (χ1) is 14.2.